The number of benzene rings is 1. The minimum atomic E-state index is -2.71. The van der Waals surface area contributed by atoms with Crippen LogP contribution in [0.4, 0.5) is 0 Å². The molecule has 36 heavy (non-hydrogen) atoms. The number of fused-ring (bicyclic) bond motifs is 3. The van der Waals surface area contributed by atoms with E-state index in [1.807, 2.05) is 0 Å². The molecular weight excluding hydrogens is 470 g/mol. The molecule has 2 unspecified atom stereocenters. The summed E-state index contributed by atoms with van der Waals surface area (Å²) in [6, 6.07) is 1.99. The highest BCUT2D eigenvalue weighted by Gasteiger charge is 2.69. The van der Waals surface area contributed by atoms with Crippen LogP contribution in [-0.4, -0.2) is 88.1 Å². The van der Waals surface area contributed by atoms with E-state index in [2.05, 4.69) is 0 Å². The van der Waals surface area contributed by atoms with Gasteiger partial charge in [0.1, 0.15) is 5.75 Å². The van der Waals surface area contributed by atoms with Crippen molar-refractivity contribution in [1.82, 2.24) is 9.96 Å². The van der Waals surface area contributed by atoms with Crippen molar-refractivity contribution in [3.8, 4) is 5.75 Å². The molecule has 5 rings (SSSR count). The van der Waals surface area contributed by atoms with Gasteiger partial charge in [0, 0.05) is 19.0 Å². The number of carbonyl (C=O) groups excluding carboxylic acids is 5. The molecule has 11 nitrogen and oxygen atoms in total. The van der Waals surface area contributed by atoms with Crippen LogP contribution in [0, 0.1) is 23.7 Å². The summed E-state index contributed by atoms with van der Waals surface area (Å²) < 4.78 is 0. The number of hydroxylamine groups is 2. The first-order valence-electron chi connectivity index (χ1n) is 12.0. The Bertz CT molecular complexity index is 1190. The van der Waals surface area contributed by atoms with Crippen LogP contribution in [0.25, 0.3) is 0 Å². The SMILES string of the molecule is CN(C)[C@H]1C(=O)C(C(N)=O)C(=O)[C@@]2(O)C(=O)C3C(=O)c4c(O)ccc(CN5CCCO5)c4C[C@H]3C[C@@H]12. The molecule has 1 aromatic carbocycles. The predicted octanol–water partition coefficient (Wildman–Crippen LogP) is -0.996. The lowest BCUT2D eigenvalue weighted by molar-refractivity contribution is -0.181. The zero-order chi connectivity index (χ0) is 26.1. The monoisotopic (exact) mass is 499 g/mol. The van der Waals surface area contributed by atoms with E-state index in [1.54, 1.807) is 25.2 Å². The van der Waals surface area contributed by atoms with Gasteiger partial charge in [0.05, 0.1) is 24.1 Å². The Morgan fingerprint density at radius 1 is 1.22 bits per heavy atom. The molecule has 3 aliphatic carbocycles. The Balaban J connectivity index is 1.59. The summed E-state index contributed by atoms with van der Waals surface area (Å²) in [5.41, 5.74) is 3.98. The van der Waals surface area contributed by atoms with Gasteiger partial charge >= 0.3 is 0 Å². The van der Waals surface area contributed by atoms with Crippen molar-refractivity contribution < 1.29 is 39.0 Å². The standard InChI is InChI=1S/C25H29N3O8/c1-27(2)19-14-9-12-8-13-11(10-28-6-3-7-36-28)4-5-15(29)17(13)20(30)16(12)22(32)25(14,35)23(33)18(21(19)31)24(26)34/h4-5,12,14,16,18-19,29,35H,3,6-10H2,1-2H3,(H2,26,34)/t12-,14-,16?,18?,19+,25-/m0/s1. The summed E-state index contributed by atoms with van der Waals surface area (Å²) >= 11 is 0. The van der Waals surface area contributed by atoms with Crippen molar-refractivity contribution in [2.45, 2.75) is 37.5 Å². The second-order valence-electron chi connectivity index (χ2n) is 10.4. The number of ketones is 4. The smallest absolute Gasteiger partial charge is 0.235 e. The summed E-state index contributed by atoms with van der Waals surface area (Å²) in [5, 5.41) is 23.9. The van der Waals surface area contributed by atoms with Crippen molar-refractivity contribution in [1.29, 1.82) is 0 Å². The third-order valence-corrected chi connectivity index (χ3v) is 8.21. The molecule has 1 heterocycles. The predicted molar refractivity (Wildman–Crippen MR) is 122 cm³/mol. The first-order valence-corrected chi connectivity index (χ1v) is 12.0. The van der Waals surface area contributed by atoms with E-state index in [9.17, 15) is 34.2 Å². The molecule has 192 valence electrons. The Morgan fingerprint density at radius 3 is 2.56 bits per heavy atom. The zero-order valence-electron chi connectivity index (χ0n) is 20.1. The molecule has 1 aromatic rings. The van der Waals surface area contributed by atoms with Gasteiger partial charge in [-0.15, -0.1) is 0 Å². The molecule has 1 amide bonds. The molecule has 0 bridgehead atoms. The number of likely N-dealkylation sites (N-methyl/N-ethyl adjacent to an activating group) is 1. The van der Waals surface area contributed by atoms with Crippen LogP contribution in [0.3, 0.4) is 0 Å². The maximum Gasteiger partial charge on any atom is 0.235 e. The van der Waals surface area contributed by atoms with Gasteiger partial charge in [-0.1, -0.05) is 6.07 Å². The second-order valence-corrected chi connectivity index (χ2v) is 10.4. The Morgan fingerprint density at radius 2 is 1.94 bits per heavy atom. The lowest BCUT2D eigenvalue weighted by Crippen LogP contribution is -2.74. The number of carbonyl (C=O) groups is 5. The van der Waals surface area contributed by atoms with E-state index in [4.69, 9.17) is 10.6 Å². The molecule has 3 fully saturated rings. The van der Waals surface area contributed by atoms with Crippen LogP contribution < -0.4 is 5.73 Å². The summed E-state index contributed by atoms with van der Waals surface area (Å²) in [4.78, 5) is 72.9. The van der Waals surface area contributed by atoms with E-state index >= 15 is 0 Å². The van der Waals surface area contributed by atoms with Crippen LogP contribution in [-0.2, 0) is 37.0 Å². The van der Waals surface area contributed by atoms with Crippen molar-refractivity contribution in [3.63, 3.8) is 0 Å². The maximum absolute atomic E-state index is 13.8. The molecule has 11 heteroatoms. The number of aromatic hydroxyl groups is 1. The van der Waals surface area contributed by atoms with Crippen LogP contribution in [0.15, 0.2) is 12.1 Å². The molecule has 1 aliphatic heterocycles. The van der Waals surface area contributed by atoms with Gasteiger partial charge in [-0.05, 0) is 56.5 Å². The van der Waals surface area contributed by atoms with E-state index < -0.39 is 64.4 Å². The summed E-state index contributed by atoms with van der Waals surface area (Å²) in [7, 11) is 3.11. The number of phenols is 1. The van der Waals surface area contributed by atoms with Crippen molar-refractivity contribution in [2.75, 3.05) is 27.2 Å². The topological polar surface area (TPSA) is 168 Å². The quantitative estimate of drug-likeness (QED) is 0.437. The summed E-state index contributed by atoms with van der Waals surface area (Å²) in [6.45, 7) is 1.71. The fourth-order valence-electron chi connectivity index (χ4n) is 6.63. The Hall–Kier alpha value is -2.99. The number of rotatable bonds is 4. The molecule has 4 aliphatic rings. The molecule has 6 atom stereocenters. The van der Waals surface area contributed by atoms with Gasteiger partial charge in [0.15, 0.2) is 34.7 Å². The number of hydrogen-bond donors (Lipinski definition) is 3. The zero-order valence-corrected chi connectivity index (χ0v) is 20.1. The highest BCUT2D eigenvalue weighted by Crippen LogP contribution is 2.51. The molecule has 0 aromatic heterocycles. The normalized spacial score (nSPS) is 34.5. The summed E-state index contributed by atoms with van der Waals surface area (Å²) in [6.07, 6.45) is 1.14. The molecule has 4 N–H and O–H groups in total. The minimum absolute atomic E-state index is 0.00158. The molecular formula is C25H29N3O8. The first-order chi connectivity index (χ1) is 17.0. The van der Waals surface area contributed by atoms with Crippen LogP contribution in [0.1, 0.15) is 34.3 Å². The van der Waals surface area contributed by atoms with Crippen molar-refractivity contribution >= 4 is 29.0 Å². The number of Topliss-reactive ketones (excluding diaryl/α,β-unsaturated/α-hetero) is 4. The number of hydrogen-bond acceptors (Lipinski definition) is 10. The van der Waals surface area contributed by atoms with Gasteiger partial charge in [0.25, 0.3) is 0 Å². The average molecular weight is 500 g/mol. The van der Waals surface area contributed by atoms with Gasteiger partial charge in [0.2, 0.25) is 5.91 Å². The largest absolute Gasteiger partial charge is 0.507 e. The van der Waals surface area contributed by atoms with Crippen molar-refractivity contribution in [2.24, 2.45) is 29.4 Å². The van der Waals surface area contributed by atoms with Crippen LogP contribution in [0.2, 0.25) is 0 Å². The van der Waals surface area contributed by atoms with Gasteiger partial charge in [-0.3, -0.25) is 33.7 Å². The third-order valence-electron chi connectivity index (χ3n) is 8.21. The number of nitrogens with two attached hydrogens (primary N) is 1. The number of amides is 1. The van der Waals surface area contributed by atoms with Gasteiger partial charge in [-0.25, -0.2) is 0 Å². The highest BCUT2D eigenvalue weighted by molar-refractivity contribution is 6.32. The van der Waals surface area contributed by atoms with Crippen LogP contribution in [0.5, 0.6) is 5.75 Å². The average Bonchev–Trinajstić information content (AvgIpc) is 3.31. The number of nitrogens with zero attached hydrogens (tertiary/aromatic N) is 2. The molecule has 2 saturated carbocycles. The molecule has 0 radical (unpaired) electrons. The lowest BCUT2D eigenvalue weighted by atomic mass is 9.52. The Labute approximate surface area is 207 Å². The maximum atomic E-state index is 13.8. The number of primary amides is 1. The van der Waals surface area contributed by atoms with Crippen LogP contribution >= 0.6 is 0 Å². The van der Waals surface area contributed by atoms with E-state index in [-0.39, 0.29) is 24.2 Å². The van der Waals surface area contributed by atoms with Gasteiger partial charge in [-0.2, -0.15) is 5.06 Å². The minimum Gasteiger partial charge on any atom is -0.507 e. The first kappa shape index (κ1) is 24.7. The lowest BCUT2D eigenvalue weighted by Gasteiger charge is -2.52. The third kappa shape index (κ3) is 3.37. The van der Waals surface area contributed by atoms with Crippen molar-refractivity contribution in [3.05, 3.63) is 28.8 Å². The van der Waals surface area contributed by atoms with E-state index in [0.717, 1.165) is 18.5 Å². The summed E-state index contributed by atoms with van der Waals surface area (Å²) in [5.74, 6) is -10.4. The second kappa shape index (κ2) is 8.55. The molecule has 1 saturated heterocycles. The fraction of sp³-hybridized carbons (Fsp3) is 0.560. The van der Waals surface area contributed by atoms with Gasteiger partial charge < -0.3 is 15.9 Å². The fourth-order valence-corrected chi connectivity index (χ4v) is 6.63. The van der Waals surface area contributed by atoms with E-state index in [0.29, 0.717) is 18.7 Å². The highest BCUT2D eigenvalue weighted by atomic mass is 16.7. The number of aliphatic hydroxyl groups is 1. The number of phenolic OH excluding ortho intramolecular Hbond substituents is 1. The van der Waals surface area contributed by atoms with E-state index in [1.165, 1.54) is 11.0 Å². The Kier molecular flexibility index (Phi) is 5.86. The molecule has 0 spiro atoms.